The van der Waals surface area contributed by atoms with Crippen LogP contribution in [0.2, 0.25) is 5.02 Å². The summed E-state index contributed by atoms with van der Waals surface area (Å²) < 4.78 is 26.2. The Morgan fingerprint density at radius 1 is 1.43 bits per heavy atom. The molecule has 0 aliphatic heterocycles. The minimum atomic E-state index is -0.876. The highest BCUT2D eigenvalue weighted by molar-refractivity contribution is 6.30. The lowest BCUT2D eigenvalue weighted by Gasteiger charge is -2.09. The molecule has 0 aromatic heterocycles. The number of nitrogens with two attached hydrogens (primary N) is 1. The summed E-state index contributed by atoms with van der Waals surface area (Å²) >= 11 is 5.46. The molecule has 0 saturated carbocycles. The first kappa shape index (κ1) is 13.4. The largest absolute Gasteiger partial charge is 0.321 e. The van der Waals surface area contributed by atoms with Crippen LogP contribution in [0.1, 0.15) is 11.6 Å². The fourth-order valence-electron chi connectivity index (χ4n) is 0.966. The summed E-state index contributed by atoms with van der Waals surface area (Å²) in [5, 5.41) is -0.145. The van der Waals surface area contributed by atoms with Gasteiger partial charge in [0.25, 0.3) is 0 Å². The van der Waals surface area contributed by atoms with Crippen LogP contribution in [0.4, 0.5) is 8.78 Å². The van der Waals surface area contributed by atoms with Crippen LogP contribution in [0.15, 0.2) is 24.8 Å². The Bertz CT molecular complexity index is 342. The van der Waals surface area contributed by atoms with Crippen molar-refractivity contribution in [3.63, 3.8) is 0 Å². The summed E-state index contributed by atoms with van der Waals surface area (Å²) in [7, 11) is 0. The molecular formula is C9H9Cl2F2N. The molecule has 1 aromatic rings. The molecule has 2 N–H and O–H groups in total. The fourth-order valence-corrected chi connectivity index (χ4v) is 1.13. The normalized spacial score (nSPS) is 11.7. The Hall–Kier alpha value is -0.640. The van der Waals surface area contributed by atoms with Gasteiger partial charge in [0, 0.05) is 5.56 Å². The monoisotopic (exact) mass is 239 g/mol. The molecule has 0 aliphatic rings. The van der Waals surface area contributed by atoms with E-state index in [-0.39, 0.29) is 23.0 Å². The van der Waals surface area contributed by atoms with Crippen molar-refractivity contribution in [3.8, 4) is 0 Å². The van der Waals surface area contributed by atoms with Gasteiger partial charge in [-0.15, -0.1) is 19.0 Å². The third-order valence-electron chi connectivity index (χ3n) is 1.67. The minimum Gasteiger partial charge on any atom is -0.321 e. The van der Waals surface area contributed by atoms with E-state index in [1.54, 1.807) is 0 Å². The third kappa shape index (κ3) is 2.44. The average Bonchev–Trinajstić information content (AvgIpc) is 2.12. The molecule has 1 nitrogen and oxygen atoms in total. The molecule has 78 valence electrons. The van der Waals surface area contributed by atoms with Gasteiger partial charge in [-0.25, -0.2) is 8.78 Å². The van der Waals surface area contributed by atoms with Crippen LogP contribution in [0.5, 0.6) is 0 Å². The van der Waals surface area contributed by atoms with Crippen molar-refractivity contribution in [2.75, 3.05) is 0 Å². The van der Waals surface area contributed by atoms with Crippen molar-refractivity contribution in [1.82, 2.24) is 0 Å². The SMILES string of the molecule is C=C[C@@H](N)c1c(F)ccc(Cl)c1F.Cl. The Morgan fingerprint density at radius 3 is 2.50 bits per heavy atom. The second-order valence-corrected chi connectivity index (χ2v) is 2.93. The van der Waals surface area contributed by atoms with E-state index in [9.17, 15) is 8.78 Å². The third-order valence-corrected chi connectivity index (χ3v) is 1.96. The van der Waals surface area contributed by atoms with Crippen molar-refractivity contribution in [1.29, 1.82) is 0 Å². The summed E-state index contributed by atoms with van der Waals surface area (Å²) in [6, 6.07) is 1.34. The van der Waals surface area contributed by atoms with Gasteiger partial charge in [0.05, 0.1) is 11.1 Å². The molecule has 5 heteroatoms. The van der Waals surface area contributed by atoms with E-state index in [1.165, 1.54) is 6.08 Å². The van der Waals surface area contributed by atoms with Gasteiger partial charge in [0.15, 0.2) is 0 Å². The second-order valence-electron chi connectivity index (χ2n) is 2.52. The lowest BCUT2D eigenvalue weighted by Crippen LogP contribution is -2.11. The first-order valence-corrected chi connectivity index (χ1v) is 3.97. The van der Waals surface area contributed by atoms with Crippen molar-refractivity contribution >= 4 is 24.0 Å². The highest BCUT2D eigenvalue weighted by atomic mass is 35.5. The Labute approximate surface area is 92.0 Å². The zero-order valence-electron chi connectivity index (χ0n) is 7.14. The highest BCUT2D eigenvalue weighted by Gasteiger charge is 2.16. The molecule has 0 aliphatic carbocycles. The number of rotatable bonds is 2. The van der Waals surface area contributed by atoms with Crippen LogP contribution >= 0.6 is 24.0 Å². The maximum atomic E-state index is 13.2. The zero-order chi connectivity index (χ0) is 10.0. The maximum absolute atomic E-state index is 13.2. The molecule has 0 heterocycles. The number of benzene rings is 1. The van der Waals surface area contributed by atoms with E-state index in [0.717, 1.165) is 12.1 Å². The van der Waals surface area contributed by atoms with Gasteiger partial charge in [0.1, 0.15) is 11.6 Å². The van der Waals surface area contributed by atoms with E-state index in [2.05, 4.69) is 6.58 Å². The van der Waals surface area contributed by atoms with Crippen LogP contribution in [-0.2, 0) is 0 Å². The maximum Gasteiger partial charge on any atom is 0.149 e. The molecule has 0 spiro atoms. The average molecular weight is 240 g/mol. The van der Waals surface area contributed by atoms with Gasteiger partial charge in [-0.1, -0.05) is 17.7 Å². The van der Waals surface area contributed by atoms with E-state index in [1.807, 2.05) is 0 Å². The lowest BCUT2D eigenvalue weighted by atomic mass is 10.1. The standard InChI is InChI=1S/C9H8ClF2N.ClH/c1-2-7(13)8-6(11)4-3-5(10)9(8)12;/h2-4,7H,1,13H2;1H/t7-;/m1./s1. The molecule has 0 bridgehead atoms. The molecule has 0 amide bonds. The molecule has 1 rings (SSSR count). The van der Waals surface area contributed by atoms with E-state index in [0.29, 0.717) is 0 Å². The summed E-state index contributed by atoms with van der Waals surface area (Å²) in [6.45, 7) is 3.35. The van der Waals surface area contributed by atoms with Crippen LogP contribution in [-0.4, -0.2) is 0 Å². The van der Waals surface area contributed by atoms with Crippen LogP contribution in [0.3, 0.4) is 0 Å². The van der Waals surface area contributed by atoms with Crippen molar-refractivity contribution in [3.05, 3.63) is 47.0 Å². The molecule has 1 aromatic carbocycles. The van der Waals surface area contributed by atoms with Gasteiger partial charge in [-0.3, -0.25) is 0 Å². The summed E-state index contributed by atoms with van der Waals surface area (Å²) in [4.78, 5) is 0. The summed E-state index contributed by atoms with van der Waals surface area (Å²) in [5.74, 6) is -1.54. The van der Waals surface area contributed by atoms with E-state index in [4.69, 9.17) is 17.3 Å². The van der Waals surface area contributed by atoms with Gasteiger partial charge in [-0.2, -0.15) is 0 Å². The first-order chi connectivity index (χ1) is 6.07. The predicted molar refractivity (Wildman–Crippen MR) is 55.7 cm³/mol. The molecule has 14 heavy (non-hydrogen) atoms. The van der Waals surface area contributed by atoms with Gasteiger partial charge < -0.3 is 5.73 Å². The van der Waals surface area contributed by atoms with Gasteiger partial charge in [-0.05, 0) is 12.1 Å². The summed E-state index contributed by atoms with van der Waals surface area (Å²) in [6.07, 6.45) is 1.25. The van der Waals surface area contributed by atoms with Crippen LogP contribution < -0.4 is 5.73 Å². The van der Waals surface area contributed by atoms with E-state index < -0.39 is 17.7 Å². The number of hydrogen-bond donors (Lipinski definition) is 1. The number of halogens is 4. The molecular weight excluding hydrogens is 231 g/mol. The Morgan fingerprint density at radius 2 is 2.00 bits per heavy atom. The Kier molecular flexibility index (Phi) is 5.05. The molecule has 0 fully saturated rings. The topological polar surface area (TPSA) is 26.0 Å². The van der Waals surface area contributed by atoms with Crippen molar-refractivity contribution < 1.29 is 8.78 Å². The number of hydrogen-bond acceptors (Lipinski definition) is 1. The summed E-state index contributed by atoms with van der Waals surface area (Å²) in [5.41, 5.74) is 5.16. The predicted octanol–water partition coefficient (Wildman–Crippen LogP) is 3.23. The van der Waals surface area contributed by atoms with Crippen molar-refractivity contribution in [2.45, 2.75) is 6.04 Å². The smallest absolute Gasteiger partial charge is 0.149 e. The molecule has 1 atom stereocenters. The lowest BCUT2D eigenvalue weighted by molar-refractivity contribution is 0.546. The second kappa shape index (κ2) is 5.29. The minimum absolute atomic E-state index is 0. The van der Waals surface area contributed by atoms with Crippen LogP contribution in [0.25, 0.3) is 0 Å². The first-order valence-electron chi connectivity index (χ1n) is 3.59. The molecule has 0 saturated heterocycles. The quantitative estimate of drug-likeness (QED) is 0.623. The van der Waals surface area contributed by atoms with Crippen molar-refractivity contribution in [2.24, 2.45) is 5.73 Å². The molecule has 0 radical (unpaired) electrons. The molecule has 0 unspecified atom stereocenters. The fraction of sp³-hybridized carbons (Fsp3) is 0.111. The highest BCUT2D eigenvalue weighted by Crippen LogP contribution is 2.25. The van der Waals surface area contributed by atoms with Gasteiger partial charge in [0.2, 0.25) is 0 Å². The van der Waals surface area contributed by atoms with E-state index >= 15 is 0 Å². The Balaban J connectivity index is 0.00000169. The van der Waals surface area contributed by atoms with Gasteiger partial charge >= 0.3 is 0 Å². The van der Waals surface area contributed by atoms with Crippen LogP contribution in [0, 0.1) is 11.6 Å². The zero-order valence-corrected chi connectivity index (χ0v) is 8.71.